The number of nitrogens with zero attached hydrogens (tertiary/aromatic N) is 1. The predicted octanol–water partition coefficient (Wildman–Crippen LogP) is 2.33. The highest BCUT2D eigenvalue weighted by Crippen LogP contribution is 2.24. The second kappa shape index (κ2) is 6.77. The quantitative estimate of drug-likeness (QED) is 0.786. The van der Waals surface area contributed by atoms with Gasteiger partial charge in [0.1, 0.15) is 0 Å². The van der Waals surface area contributed by atoms with Crippen molar-refractivity contribution in [2.24, 2.45) is 5.73 Å². The van der Waals surface area contributed by atoms with Crippen molar-refractivity contribution in [3.8, 4) is 0 Å². The Morgan fingerprint density at radius 1 is 1.27 bits per heavy atom. The average Bonchev–Trinajstić information content (AvgIpc) is 2.14. The molecule has 0 aliphatic carbocycles. The van der Waals surface area contributed by atoms with Gasteiger partial charge in [-0.1, -0.05) is 27.2 Å². The minimum Gasteiger partial charge on any atom is -0.328 e. The molecule has 1 saturated heterocycles. The van der Waals surface area contributed by atoms with Crippen LogP contribution in [0.25, 0.3) is 0 Å². The van der Waals surface area contributed by atoms with Gasteiger partial charge in [-0.3, -0.25) is 0 Å². The summed E-state index contributed by atoms with van der Waals surface area (Å²) in [4.78, 5) is 2.58. The number of thioether (sulfide) groups is 1. The summed E-state index contributed by atoms with van der Waals surface area (Å²) in [7, 11) is 0. The van der Waals surface area contributed by atoms with Gasteiger partial charge in [-0.2, -0.15) is 11.8 Å². The summed E-state index contributed by atoms with van der Waals surface area (Å²) in [6.45, 7) is 10.6. The van der Waals surface area contributed by atoms with Crippen LogP contribution >= 0.6 is 11.8 Å². The van der Waals surface area contributed by atoms with Crippen molar-refractivity contribution in [2.75, 3.05) is 19.6 Å². The van der Waals surface area contributed by atoms with Crippen LogP contribution in [0, 0.1) is 0 Å². The maximum absolute atomic E-state index is 6.04. The van der Waals surface area contributed by atoms with Crippen LogP contribution in [0.5, 0.6) is 0 Å². The Labute approximate surface area is 99.0 Å². The fraction of sp³-hybridized carbons (Fsp3) is 1.00. The predicted molar refractivity (Wildman–Crippen MR) is 70.5 cm³/mol. The molecule has 3 heteroatoms. The molecule has 1 heterocycles. The van der Waals surface area contributed by atoms with Gasteiger partial charge in [-0.05, 0) is 19.4 Å². The van der Waals surface area contributed by atoms with E-state index in [0.29, 0.717) is 6.04 Å². The molecule has 0 bridgehead atoms. The van der Waals surface area contributed by atoms with E-state index >= 15 is 0 Å². The summed E-state index contributed by atoms with van der Waals surface area (Å²) >= 11 is 2.12. The van der Waals surface area contributed by atoms with Crippen LogP contribution in [0.1, 0.15) is 40.0 Å². The second-order valence-electron chi connectivity index (χ2n) is 4.85. The second-order valence-corrected chi connectivity index (χ2v) is 6.74. The molecule has 0 radical (unpaired) electrons. The zero-order valence-electron chi connectivity index (χ0n) is 10.4. The summed E-state index contributed by atoms with van der Waals surface area (Å²) in [5.74, 6) is 0. The zero-order chi connectivity index (χ0) is 11.3. The van der Waals surface area contributed by atoms with Gasteiger partial charge >= 0.3 is 0 Å². The van der Waals surface area contributed by atoms with Crippen LogP contribution in [-0.4, -0.2) is 41.1 Å². The molecule has 2 N–H and O–H groups in total. The fourth-order valence-electron chi connectivity index (χ4n) is 2.33. The zero-order valence-corrected chi connectivity index (χ0v) is 11.2. The summed E-state index contributed by atoms with van der Waals surface area (Å²) in [6, 6.07) is 0.412. The highest BCUT2D eigenvalue weighted by atomic mass is 32.2. The van der Waals surface area contributed by atoms with E-state index in [-0.39, 0.29) is 0 Å². The highest BCUT2D eigenvalue weighted by Gasteiger charge is 2.21. The molecule has 0 saturated carbocycles. The molecule has 1 aliphatic rings. The first-order valence-electron chi connectivity index (χ1n) is 6.25. The molecule has 0 spiro atoms. The summed E-state index contributed by atoms with van der Waals surface area (Å²) in [6.07, 6.45) is 3.55. The number of nitrogens with two attached hydrogens (primary N) is 1. The minimum absolute atomic E-state index is 0.412. The van der Waals surface area contributed by atoms with Gasteiger partial charge in [0.25, 0.3) is 0 Å². The van der Waals surface area contributed by atoms with E-state index in [1.807, 2.05) is 0 Å². The summed E-state index contributed by atoms with van der Waals surface area (Å²) < 4.78 is 0. The van der Waals surface area contributed by atoms with E-state index in [1.54, 1.807) is 0 Å². The number of hydrogen-bond acceptors (Lipinski definition) is 3. The first kappa shape index (κ1) is 13.3. The Morgan fingerprint density at radius 2 is 1.87 bits per heavy atom. The number of hydrogen-bond donors (Lipinski definition) is 1. The van der Waals surface area contributed by atoms with Crippen molar-refractivity contribution in [3.05, 3.63) is 0 Å². The maximum Gasteiger partial charge on any atom is 0.0149 e. The monoisotopic (exact) mass is 230 g/mol. The third kappa shape index (κ3) is 5.23. The van der Waals surface area contributed by atoms with Gasteiger partial charge in [0.05, 0.1) is 0 Å². The van der Waals surface area contributed by atoms with Crippen LogP contribution in [0.4, 0.5) is 0 Å². The largest absolute Gasteiger partial charge is 0.328 e. The van der Waals surface area contributed by atoms with Gasteiger partial charge in [0.2, 0.25) is 0 Å². The molecule has 0 amide bonds. The lowest BCUT2D eigenvalue weighted by Crippen LogP contribution is -2.42. The lowest BCUT2D eigenvalue weighted by molar-refractivity contribution is 0.258. The molecule has 0 aromatic carbocycles. The van der Waals surface area contributed by atoms with Crippen LogP contribution in [-0.2, 0) is 0 Å². The molecule has 0 aromatic heterocycles. The van der Waals surface area contributed by atoms with Crippen LogP contribution in [0.2, 0.25) is 0 Å². The normalized spacial score (nSPS) is 30.4. The molecule has 3 atom stereocenters. The molecule has 3 unspecified atom stereocenters. The Morgan fingerprint density at radius 3 is 2.40 bits per heavy atom. The Kier molecular flexibility index (Phi) is 6.02. The fourth-order valence-corrected chi connectivity index (χ4v) is 3.72. The van der Waals surface area contributed by atoms with E-state index in [1.165, 1.54) is 32.5 Å². The van der Waals surface area contributed by atoms with Gasteiger partial charge in [0, 0.05) is 29.6 Å². The first-order chi connectivity index (χ1) is 7.11. The van der Waals surface area contributed by atoms with Crippen LogP contribution in [0.15, 0.2) is 0 Å². The molecular weight excluding hydrogens is 204 g/mol. The molecule has 2 nitrogen and oxygen atoms in total. The molecule has 90 valence electrons. The summed E-state index contributed by atoms with van der Waals surface area (Å²) in [5.41, 5.74) is 6.04. The third-order valence-corrected chi connectivity index (χ3v) is 4.20. The van der Waals surface area contributed by atoms with E-state index in [9.17, 15) is 0 Å². The van der Waals surface area contributed by atoms with E-state index < -0.39 is 0 Å². The minimum atomic E-state index is 0.412. The van der Waals surface area contributed by atoms with Crippen molar-refractivity contribution in [1.29, 1.82) is 0 Å². The van der Waals surface area contributed by atoms with Gasteiger partial charge < -0.3 is 10.6 Å². The van der Waals surface area contributed by atoms with Crippen molar-refractivity contribution < 1.29 is 0 Å². The molecule has 1 rings (SSSR count). The van der Waals surface area contributed by atoms with E-state index in [2.05, 4.69) is 37.4 Å². The topological polar surface area (TPSA) is 29.3 Å². The molecular formula is C12H26N2S. The van der Waals surface area contributed by atoms with Crippen molar-refractivity contribution in [2.45, 2.75) is 56.6 Å². The van der Waals surface area contributed by atoms with Gasteiger partial charge in [-0.25, -0.2) is 0 Å². The first-order valence-corrected chi connectivity index (χ1v) is 7.19. The SMILES string of the molecule is CCCC(N)CCN1CC(C)SC(C)C1. The standard InChI is InChI=1S/C12H26N2S/c1-4-5-12(13)6-7-14-8-10(2)15-11(3)9-14/h10-12H,4-9,13H2,1-3H3. The maximum atomic E-state index is 6.04. The average molecular weight is 230 g/mol. The number of rotatable bonds is 5. The van der Waals surface area contributed by atoms with E-state index in [4.69, 9.17) is 5.73 Å². The molecule has 15 heavy (non-hydrogen) atoms. The lowest BCUT2D eigenvalue weighted by atomic mass is 10.1. The van der Waals surface area contributed by atoms with Gasteiger partial charge in [-0.15, -0.1) is 0 Å². The molecule has 1 fully saturated rings. The van der Waals surface area contributed by atoms with Crippen molar-refractivity contribution in [3.63, 3.8) is 0 Å². The van der Waals surface area contributed by atoms with Crippen molar-refractivity contribution >= 4 is 11.8 Å². The van der Waals surface area contributed by atoms with Crippen LogP contribution in [0.3, 0.4) is 0 Å². The highest BCUT2D eigenvalue weighted by molar-refractivity contribution is 8.00. The van der Waals surface area contributed by atoms with Crippen LogP contribution < -0.4 is 5.73 Å². The Balaban J connectivity index is 2.20. The smallest absolute Gasteiger partial charge is 0.0149 e. The van der Waals surface area contributed by atoms with Crippen molar-refractivity contribution in [1.82, 2.24) is 4.90 Å². The summed E-state index contributed by atoms with van der Waals surface area (Å²) in [5, 5.41) is 1.58. The van der Waals surface area contributed by atoms with E-state index in [0.717, 1.165) is 16.9 Å². The Hall–Kier alpha value is 0.270. The third-order valence-electron chi connectivity index (χ3n) is 2.97. The molecule has 1 aliphatic heterocycles. The molecule has 0 aromatic rings. The Bertz CT molecular complexity index is 165. The van der Waals surface area contributed by atoms with Gasteiger partial charge in [0.15, 0.2) is 0 Å². The lowest BCUT2D eigenvalue weighted by Gasteiger charge is -2.35.